The molecular weight excluding hydrogens is 471 g/mol. The predicted octanol–water partition coefficient (Wildman–Crippen LogP) is 8.24. The standard InChI is InChI=1S/C27H20Cl2N2O3/c1-14-4-6-17(10-16(14)3)23-8-9-24(33-23)26(32)30-21-11-18(7-5-15(21)2)27-31-22-13-19(28)12-20(29)25(22)34-27/h4-13H,1-3H3,(H,30,32). The molecule has 5 aromatic rings. The fourth-order valence-corrected chi connectivity index (χ4v) is 4.19. The largest absolute Gasteiger partial charge is 0.451 e. The van der Waals surface area contributed by atoms with Gasteiger partial charge >= 0.3 is 0 Å². The minimum absolute atomic E-state index is 0.223. The summed E-state index contributed by atoms with van der Waals surface area (Å²) in [5, 5.41) is 3.79. The number of nitrogens with one attached hydrogen (secondary N) is 1. The fourth-order valence-electron chi connectivity index (χ4n) is 3.67. The van der Waals surface area contributed by atoms with Crippen molar-refractivity contribution in [3.8, 4) is 22.8 Å². The first-order valence-electron chi connectivity index (χ1n) is 10.6. The van der Waals surface area contributed by atoms with Gasteiger partial charge in [0.15, 0.2) is 11.3 Å². The van der Waals surface area contributed by atoms with Crippen LogP contribution >= 0.6 is 23.2 Å². The van der Waals surface area contributed by atoms with Gasteiger partial charge in [0.05, 0.1) is 5.02 Å². The number of hydrogen-bond donors (Lipinski definition) is 1. The van der Waals surface area contributed by atoms with Gasteiger partial charge in [-0.05, 0) is 79.9 Å². The molecule has 0 spiro atoms. The average molecular weight is 491 g/mol. The highest BCUT2D eigenvalue weighted by atomic mass is 35.5. The zero-order chi connectivity index (χ0) is 24.0. The Morgan fingerprint density at radius 2 is 1.59 bits per heavy atom. The van der Waals surface area contributed by atoms with Crippen molar-refractivity contribution >= 4 is 45.9 Å². The number of aromatic nitrogens is 1. The maximum absolute atomic E-state index is 12.9. The van der Waals surface area contributed by atoms with Crippen molar-refractivity contribution in [2.45, 2.75) is 20.8 Å². The number of aryl methyl sites for hydroxylation is 3. The first kappa shape index (κ1) is 22.3. The van der Waals surface area contributed by atoms with Crippen LogP contribution in [0.1, 0.15) is 27.2 Å². The molecule has 5 nitrogen and oxygen atoms in total. The molecule has 0 saturated heterocycles. The monoisotopic (exact) mass is 490 g/mol. The van der Waals surface area contributed by atoms with Gasteiger partial charge < -0.3 is 14.2 Å². The summed E-state index contributed by atoms with van der Waals surface area (Å²) in [7, 11) is 0. The minimum atomic E-state index is -0.345. The summed E-state index contributed by atoms with van der Waals surface area (Å²) in [6.45, 7) is 6.01. The first-order valence-corrected chi connectivity index (χ1v) is 11.4. The van der Waals surface area contributed by atoms with Crippen LogP contribution in [0, 0.1) is 20.8 Å². The van der Waals surface area contributed by atoms with Crippen LogP contribution < -0.4 is 5.32 Å². The Hall–Kier alpha value is -3.54. The van der Waals surface area contributed by atoms with Crippen molar-refractivity contribution < 1.29 is 13.6 Å². The minimum Gasteiger partial charge on any atom is -0.451 e. The number of amides is 1. The normalized spacial score (nSPS) is 11.2. The Morgan fingerprint density at radius 1 is 0.824 bits per heavy atom. The highest BCUT2D eigenvalue weighted by Crippen LogP contribution is 2.33. The van der Waals surface area contributed by atoms with E-state index in [1.807, 2.05) is 44.2 Å². The van der Waals surface area contributed by atoms with E-state index in [4.69, 9.17) is 32.0 Å². The number of furan rings is 1. The topological polar surface area (TPSA) is 68.3 Å². The van der Waals surface area contributed by atoms with Gasteiger partial charge in [-0.3, -0.25) is 4.79 Å². The molecule has 5 rings (SSSR count). The number of benzene rings is 3. The van der Waals surface area contributed by atoms with E-state index in [-0.39, 0.29) is 11.7 Å². The van der Waals surface area contributed by atoms with Crippen LogP contribution in [0.25, 0.3) is 33.9 Å². The summed E-state index contributed by atoms with van der Waals surface area (Å²) in [5.41, 5.74) is 6.51. The quantitative estimate of drug-likeness (QED) is 0.275. The number of anilines is 1. The molecule has 0 fully saturated rings. The molecule has 0 unspecified atom stereocenters. The van der Waals surface area contributed by atoms with Crippen LogP contribution in [0.3, 0.4) is 0 Å². The molecule has 0 aliphatic rings. The van der Waals surface area contributed by atoms with E-state index < -0.39 is 0 Å². The van der Waals surface area contributed by atoms with Gasteiger partial charge in [-0.15, -0.1) is 0 Å². The lowest BCUT2D eigenvalue weighted by Gasteiger charge is -2.08. The number of rotatable bonds is 4. The maximum Gasteiger partial charge on any atom is 0.291 e. The highest BCUT2D eigenvalue weighted by Gasteiger charge is 2.17. The number of fused-ring (bicyclic) bond motifs is 1. The molecule has 0 radical (unpaired) electrons. The van der Waals surface area contributed by atoms with Crippen LogP contribution in [-0.2, 0) is 0 Å². The summed E-state index contributed by atoms with van der Waals surface area (Å²) in [4.78, 5) is 17.4. The van der Waals surface area contributed by atoms with Crippen LogP contribution in [0.4, 0.5) is 5.69 Å². The third-order valence-electron chi connectivity index (χ3n) is 5.76. The van der Waals surface area contributed by atoms with Crippen molar-refractivity contribution in [1.29, 1.82) is 0 Å². The Morgan fingerprint density at radius 3 is 2.38 bits per heavy atom. The molecular formula is C27H20Cl2N2O3. The number of oxazole rings is 1. The molecule has 2 heterocycles. The first-order chi connectivity index (χ1) is 16.3. The van der Waals surface area contributed by atoms with Crippen LogP contribution in [0.2, 0.25) is 10.0 Å². The van der Waals surface area contributed by atoms with Gasteiger partial charge in [0.2, 0.25) is 5.89 Å². The maximum atomic E-state index is 12.9. The van der Waals surface area contributed by atoms with Gasteiger partial charge in [0.25, 0.3) is 5.91 Å². The summed E-state index contributed by atoms with van der Waals surface area (Å²) in [6, 6.07) is 18.4. The molecule has 0 saturated carbocycles. The SMILES string of the molecule is Cc1ccc(-c2ccc(C(=O)Nc3cc(-c4nc5cc(Cl)cc(Cl)c5o4)ccc3C)o2)cc1C. The molecule has 0 bridgehead atoms. The van der Waals surface area contributed by atoms with E-state index in [9.17, 15) is 4.79 Å². The lowest BCUT2D eigenvalue weighted by atomic mass is 10.1. The average Bonchev–Trinajstić information content (AvgIpc) is 3.45. The van der Waals surface area contributed by atoms with Gasteiger partial charge in [-0.25, -0.2) is 4.98 Å². The summed E-state index contributed by atoms with van der Waals surface area (Å²) < 4.78 is 11.7. The third-order valence-corrected chi connectivity index (χ3v) is 6.26. The molecule has 1 N–H and O–H groups in total. The number of carbonyl (C=O) groups is 1. The number of nitrogens with zero attached hydrogens (tertiary/aromatic N) is 1. The van der Waals surface area contributed by atoms with E-state index >= 15 is 0 Å². The second kappa shape index (κ2) is 8.67. The van der Waals surface area contributed by atoms with Crippen LogP contribution in [-0.4, -0.2) is 10.9 Å². The molecule has 7 heteroatoms. The van der Waals surface area contributed by atoms with E-state index in [0.29, 0.717) is 44.0 Å². The highest BCUT2D eigenvalue weighted by molar-refractivity contribution is 6.38. The zero-order valence-corrected chi connectivity index (χ0v) is 20.2. The Kier molecular flexibility index (Phi) is 5.68. The van der Waals surface area contributed by atoms with Gasteiger partial charge in [-0.1, -0.05) is 41.4 Å². The molecule has 3 aromatic carbocycles. The second-order valence-corrected chi connectivity index (χ2v) is 9.05. The molecule has 0 aliphatic carbocycles. The van der Waals surface area contributed by atoms with Crippen molar-refractivity contribution in [2.24, 2.45) is 0 Å². The van der Waals surface area contributed by atoms with E-state index in [0.717, 1.165) is 16.7 Å². The van der Waals surface area contributed by atoms with Crippen molar-refractivity contribution in [3.05, 3.63) is 93.2 Å². The van der Waals surface area contributed by atoms with Crippen LogP contribution in [0.5, 0.6) is 0 Å². The Balaban J connectivity index is 1.41. The van der Waals surface area contributed by atoms with E-state index in [2.05, 4.69) is 17.2 Å². The van der Waals surface area contributed by atoms with Crippen molar-refractivity contribution in [2.75, 3.05) is 5.32 Å². The second-order valence-electron chi connectivity index (χ2n) is 8.20. The molecule has 170 valence electrons. The fraction of sp³-hybridized carbons (Fsp3) is 0.111. The molecule has 0 aliphatic heterocycles. The lowest BCUT2D eigenvalue weighted by molar-refractivity contribution is 0.0997. The van der Waals surface area contributed by atoms with Crippen molar-refractivity contribution in [3.63, 3.8) is 0 Å². The molecule has 1 amide bonds. The Labute approximate surface area is 206 Å². The molecule has 2 aromatic heterocycles. The number of carbonyl (C=O) groups excluding carboxylic acids is 1. The summed E-state index contributed by atoms with van der Waals surface area (Å²) in [6.07, 6.45) is 0. The van der Waals surface area contributed by atoms with Gasteiger partial charge in [0.1, 0.15) is 11.3 Å². The zero-order valence-electron chi connectivity index (χ0n) is 18.7. The van der Waals surface area contributed by atoms with Crippen molar-refractivity contribution in [1.82, 2.24) is 4.98 Å². The molecule has 0 atom stereocenters. The van der Waals surface area contributed by atoms with E-state index in [1.54, 1.807) is 30.3 Å². The van der Waals surface area contributed by atoms with E-state index in [1.165, 1.54) is 5.56 Å². The summed E-state index contributed by atoms with van der Waals surface area (Å²) >= 11 is 12.3. The summed E-state index contributed by atoms with van der Waals surface area (Å²) in [5.74, 6) is 0.898. The predicted molar refractivity (Wildman–Crippen MR) is 136 cm³/mol. The number of halogens is 2. The van der Waals surface area contributed by atoms with Gasteiger partial charge in [0, 0.05) is 21.8 Å². The van der Waals surface area contributed by atoms with Crippen LogP contribution in [0.15, 0.2) is 69.5 Å². The smallest absolute Gasteiger partial charge is 0.291 e. The lowest BCUT2D eigenvalue weighted by Crippen LogP contribution is -2.11. The molecule has 34 heavy (non-hydrogen) atoms. The third kappa shape index (κ3) is 4.20. The number of hydrogen-bond acceptors (Lipinski definition) is 4. The Bertz CT molecular complexity index is 1570. The van der Waals surface area contributed by atoms with Gasteiger partial charge in [-0.2, -0.15) is 0 Å².